The van der Waals surface area contributed by atoms with Gasteiger partial charge in [0.1, 0.15) is 11.4 Å². The molecule has 9 nitrogen and oxygen atoms in total. The van der Waals surface area contributed by atoms with E-state index in [9.17, 15) is 14.4 Å². The van der Waals surface area contributed by atoms with E-state index in [2.05, 4.69) is 20.6 Å². The number of nitrogen functional groups attached to an aromatic ring is 1. The number of nitrogens with two attached hydrogens (primary N) is 1. The standard InChI is InChI=1S/C19H23N5O4S/c1-28-13-8-6-11(7-9-13)17(26)22-15-16(20)23-19(24-18(15)27)29-10-14(25)21-12-4-2-3-5-12/h6-9,12H,2-5,10H2,1H3,(H,21,25)(H,22,26)(H3,20,23,24,27). The van der Waals surface area contributed by atoms with Gasteiger partial charge in [0.2, 0.25) is 5.91 Å². The maximum Gasteiger partial charge on any atom is 0.277 e. The second kappa shape index (κ2) is 9.46. The average Bonchev–Trinajstić information content (AvgIpc) is 3.22. The van der Waals surface area contributed by atoms with Crippen molar-refractivity contribution in [2.75, 3.05) is 23.9 Å². The second-order valence-corrected chi connectivity index (χ2v) is 7.62. The molecule has 2 amide bonds. The third kappa shape index (κ3) is 5.50. The Morgan fingerprint density at radius 1 is 1.28 bits per heavy atom. The number of hydrogen-bond acceptors (Lipinski definition) is 7. The van der Waals surface area contributed by atoms with Gasteiger partial charge in [0.05, 0.1) is 12.9 Å². The summed E-state index contributed by atoms with van der Waals surface area (Å²) in [4.78, 5) is 43.3. The van der Waals surface area contributed by atoms with Gasteiger partial charge in [-0.3, -0.25) is 19.4 Å². The zero-order chi connectivity index (χ0) is 20.8. The summed E-state index contributed by atoms with van der Waals surface area (Å²) in [6.07, 6.45) is 4.27. The Bertz CT molecular complexity index is 939. The van der Waals surface area contributed by atoms with Crippen LogP contribution in [0.3, 0.4) is 0 Å². The van der Waals surface area contributed by atoms with Crippen molar-refractivity contribution in [1.29, 1.82) is 0 Å². The van der Waals surface area contributed by atoms with Gasteiger partial charge in [-0.1, -0.05) is 24.6 Å². The SMILES string of the molecule is COc1ccc(C(=O)Nc2c(N)nc(SCC(=O)NC3CCCC3)[nH]c2=O)cc1. The Hall–Kier alpha value is -3.01. The van der Waals surface area contributed by atoms with Crippen LogP contribution in [0.5, 0.6) is 5.75 Å². The van der Waals surface area contributed by atoms with Crippen molar-refractivity contribution in [3.8, 4) is 5.75 Å². The molecule has 0 aliphatic heterocycles. The molecule has 10 heteroatoms. The summed E-state index contributed by atoms with van der Waals surface area (Å²) in [5.74, 6) is 0.00687. The van der Waals surface area contributed by atoms with E-state index in [4.69, 9.17) is 10.5 Å². The number of thioether (sulfide) groups is 1. The highest BCUT2D eigenvalue weighted by Crippen LogP contribution is 2.20. The number of carbonyl (C=O) groups excluding carboxylic acids is 2. The largest absolute Gasteiger partial charge is 0.497 e. The van der Waals surface area contributed by atoms with Crippen molar-refractivity contribution in [1.82, 2.24) is 15.3 Å². The van der Waals surface area contributed by atoms with Crippen LogP contribution < -0.4 is 26.7 Å². The number of anilines is 2. The smallest absolute Gasteiger partial charge is 0.277 e. The van der Waals surface area contributed by atoms with Gasteiger partial charge in [-0.25, -0.2) is 4.98 Å². The molecule has 0 unspecified atom stereocenters. The first-order valence-electron chi connectivity index (χ1n) is 9.23. The number of hydrogen-bond donors (Lipinski definition) is 4. The molecule has 3 rings (SSSR count). The summed E-state index contributed by atoms with van der Waals surface area (Å²) in [5.41, 5.74) is 5.47. The Kier molecular flexibility index (Phi) is 6.76. The van der Waals surface area contributed by atoms with Crippen molar-refractivity contribution in [3.05, 3.63) is 40.2 Å². The molecule has 1 fully saturated rings. The topological polar surface area (TPSA) is 139 Å². The summed E-state index contributed by atoms with van der Waals surface area (Å²) in [6, 6.07) is 6.64. The van der Waals surface area contributed by atoms with Crippen LogP contribution >= 0.6 is 11.8 Å². The van der Waals surface area contributed by atoms with E-state index in [-0.39, 0.29) is 34.4 Å². The molecular formula is C19H23N5O4S. The molecule has 2 aromatic rings. The fraction of sp³-hybridized carbons (Fsp3) is 0.368. The Morgan fingerprint density at radius 3 is 2.59 bits per heavy atom. The second-order valence-electron chi connectivity index (χ2n) is 6.65. The zero-order valence-corrected chi connectivity index (χ0v) is 16.8. The molecule has 5 N–H and O–H groups in total. The summed E-state index contributed by atoms with van der Waals surface area (Å²) >= 11 is 1.08. The molecule has 1 heterocycles. The van der Waals surface area contributed by atoms with Crippen LogP contribution in [0.2, 0.25) is 0 Å². The number of rotatable bonds is 7. The van der Waals surface area contributed by atoms with Crippen molar-refractivity contribution >= 4 is 35.1 Å². The maximum atomic E-state index is 12.3. The molecule has 1 aliphatic carbocycles. The molecule has 154 valence electrons. The predicted octanol–water partition coefficient (Wildman–Crippen LogP) is 1.76. The van der Waals surface area contributed by atoms with Gasteiger partial charge >= 0.3 is 0 Å². The molecule has 0 atom stereocenters. The van der Waals surface area contributed by atoms with Crippen LogP contribution in [-0.2, 0) is 4.79 Å². The summed E-state index contributed by atoms with van der Waals surface area (Å²) in [5, 5.41) is 5.66. The first-order valence-corrected chi connectivity index (χ1v) is 10.2. The maximum absolute atomic E-state index is 12.3. The number of benzene rings is 1. The first-order chi connectivity index (χ1) is 14.0. The summed E-state index contributed by atoms with van der Waals surface area (Å²) in [6.45, 7) is 0. The molecule has 0 radical (unpaired) electrons. The molecule has 1 aromatic carbocycles. The molecule has 0 saturated heterocycles. The first kappa shape index (κ1) is 20.7. The van der Waals surface area contributed by atoms with Gasteiger partial charge in [-0.05, 0) is 37.1 Å². The van der Waals surface area contributed by atoms with Crippen LogP contribution in [0.15, 0.2) is 34.2 Å². The molecule has 29 heavy (non-hydrogen) atoms. The quantitative estimate of drug-likeness (QED) is 0.398. The third-order valence-corrected chi connectivity index (χ3v) is 5.45. The number of carbonyl (C=O) groups is 2. The van der Waals surface area contributed by atoms with E-state index in [1.54, 1.807) is 24.3 Å². The van der Waals surface area contributed by atoms with Crippen molar-refractivity contribution in [2.24, 2.45) is 0 Å². The number of aromatic amines is 1. The van der Waals surface area contributed by atoms with Gasteiger partial charge in [-0.2, -0.15) is 0 Å². The number of methoxy groups -OCH3 is 1. The fourth-order valence-corrected chi connectivity index (χ4v) is 3.74. The summed E-state index contributed by atoms with van der Waals surface area (Å²) < 4.78 is 5.05. The van der Waals surface area contributed by atoms with E-state index in [1.165, 1.54) is 7.11 Å². The van der Waals surface area contributed by atoms with Crippen molar-refractivity contribution in [2.45, 2.75) is 36.9 Å². The van der Waals surface area contributed by atoms with Crippen LogP contribution in [-0.4, -0.2) is 40.7 Å². The van der Waals surface area contributed by atoms with Gasteiger partial charge in [-0.15, -0.1) is 0 Å². The minimum Gasteiger partial charge on any atom is -0.497 e. The highest BCUT2D eigenvalue weighted by molar-refractivity contribution is 7.99. The number of aromatic nitrogens is 2. The normalized spacial score (nSPS) is 13.8. The van der Waals surface area contributed by atoms with E-state index < -0.39 is 11.5 Å². The molecule has 1 aliphatic rings. The average molecular weight is 417 g/mol. The Labute approximate surface area is 171 Å². The molecule has 1 aromatic heterocycles. The minimum absolute atomic E-state index is 0.111. The van der Waals surface area contributed by atoms with E-state index in [0.717, 1.165) is 37.4 Å². The van der Waals surface area contributed by atoms with E-state index in [1.807, 2.05) is 0 Å². The van der Waals surface area contributed by atoms with Crippen LogP contribution in [0.25, 0.3) is 0 Å². The van der Waals surface area contributed by atoms with Crippen molar-refractivity contribution < 1.29 is 14.3 Å². The Balaban J connectivity index is 1.61. The lowest BCUT2D eigenvalue weighted by Crippen LogP contribution is -2.34. The molecular weight excluding hydrogens is 394 g/mol. The fourth-order valence-electron chi connectivity index (χ4n) is 3.06. The number of nitrogens with zero attached hydrogens (tertiary/aromatic N) is 1. The Morgan fingerprint density at radius 2 is 1.97 bits per heavy atom. The number of amides is 2. The van der Waals surface area contributed by atoms with Crippen LogP contribution in [0.4, 0.5) is 11.5 Å². The van der Waals surface area contributed by atoms with Gasteiger partial charge in [0.15, 0.2) is 11.0 Å². The minimum atomic E-state index is -0.585. The lowest BCUT2D eigenvalue weighted by molar-refractivity contribution is -0.119. The van der Waals surface area contributed by atoms with E-state index >= 15 is 0 Å². The molecule has 0 bridgehead atoms. The third-order valence-electron chi connectivity index (χ3n) is 4.58. The van der Waals surface area contributed by atoms with Gasteiger partial charge in [0, 0.05) is 11.6 Å². The monoisotopic (exact) mass is 417 g/mol. The number of nitrogens with one attached hydrogen (secondary N) is 3. The van der Waals surface area contributed by atoms with Crippen LogP contribution in [0, 0.1) is 0 Å². The van der Waals surface area contributed by atoms with Gasteiger partial charge in [0.25, 0.3) is 11.5 Å². The highest BCUT2D eigenvalue weighted by Gasteiger charge is 2.18. The number of ether oxygens (including phenoxy) is 1. The highest BCUT2D eigenvalue weighted by atomic mass is 32.2. The molecule has 0 spiro atoms. The van der Waals surface area contributed by atoms with E-state index in [0.29, 0.717) is 11.3 Å². The lowest BCUT2D eigenvalue weighted by atomic mass is 10.2. The van der Waals surface area contributed by atoms with Gasteiger partial charge < -0.3 is 21.1 Å². The number of H-pyrrole nitrogens is 1. The van der Waals surface area contributed by atoms with Crippen LogP contribution in [0.1, 0.15) is 36.0 Å². The summed E-state index contributed by atoms with van der Waals surface area (Å²) in [7, 11) is 1.53. The predicted molar refractivity (Wildman–Crippen MR) is 111 cm³/mol. The van der Waals surface area contributed by atoms with Crippen molar-refractivity contribution in [3.63, 3.8) is 0 Å². The molecule has 1 saturated carbocycles. The lowest BCUT2D eigenvalue weighted by Gasteiger charge is -2.12. The zero-order valence-electron chi connectivity index (χ0n) is 16.0.